The maximum Gasteiger partial charge on any atom is 0.272 e. The molecule has 0 radical (unpaired) electrons. The summed E-state index contributed by atoms with van der Waals surface area (Å²) >= 11 is 0. The Hall–Kier alpha value is -2.63. The quantitative estimate of drug-likeness (QED) is 0.800. The summed E-state index contributed by atoms with van der Waals surface area (Å²) in [5.41, 5.74) is 3.10. The minimum atomic E-state index is 0.0528. The van der Waals surface area contributed by atoms with Crippen LogP contribution in [0.4, 0.5) is 11.5 Å². The molecule has 4 rings (SSSR count). The van der Waals surface area contributed by atoms with Crippen LogP contribution in [0.25, 0.3) is 0 Å². The van der Waals surface area contributed by atoms with Gasteiger partial charge in [-0.1, -0.05) is 25.0 Å². The van der Waals surface area contributed by atoms with Gasteiger partial charge in [0.2, 0.25) is 0 Å². The van der Waals surface area contributed by atoms with Gasteiger partial charge in [0.15, 0.2) is 0 Å². The number of rotatable bonds is 3. The fourth-order valence-corrected chi connectivity index (χ4v) is 4.28. The molecule has 6 nitrogen and oxygen atoms in total. The number of aryl methyl sites for hydroxylation is 2. The molecule has 29 heavy (non-hydrogen) atoms. The molecule has 2 saturated heterocycles. The monoisotopic (exact) mass is 393 g/mol. The molecule has 6 heteroatoms. The molecular formula is C23H31N5O. The van der Waals surface area contributed by atoms with E-state index in [1.165, 1.54) is 24.1 Å². The average Bonchev–Trinajstić information content (AvgIpc) is 3.02. The van der Waals surface area contributed by atoms with E-state index in [1.54, 1.807) is 0 Å². The molecule has 0 spiro atoms. The van der Waals surface area contributed by atoms with E-state index < -0.39 is 0 Å². The minimum Gasteiger partial charge on any atom is -0.368 e. The zero-order valence-corrected chi connectivity index (χ0v) is 17.6. The lowest BCUT2D eigenvalue weighted by molar-refractivity contribution is 0.0755. The van der Waals surface area contributed by atoms with E-state index in [4.69, 9.17) is 0 Å². The molecule has 0 atom stereocenters. The number of benzene rings is 1. The van der Waals surface area contributed by atoms with Gasteiger partial charge in [-0.25, -0.2) is 9.97 Å². The van der Waals surface area contributed by atoms with E-state index in [2.05, 4.69) is 51.0 Å². The van der Waals surface area contributed by atoms with Gasteiger partial charge in [-0.3, -0.25) is 4.79 Å². The predicted molar refractivity (Wildman–Crippen MR) is 117 cm³/mol. The normalized spacial score (nSPS) is 17.9. The van der Waals surface area contributed by atoms with Crippen LogP contribution in [0.1, 0.15) is 47.6 Å². The summed E-state index contributed by atoms with van der Waals surface area (Å²) in [4.78, 5) is 28.8. The Labute approximate surface area is 173 Å². The van der Waals surface area contributed by atoms with E-state index in [9.17, 15) is 4.79 Å². The highest BCUT2D eigenvalue weighted by molar-refractivity contribution is 5.93. The van der Waals surface area contributed by atoms with Crippen molar-refractivity contribution in [3.8, 4) is 0 Å². The number of anilines is 2. The number of carbonyl (C=O) groups is 1. The first kappa shape index (κ1) is 19.7. The van der Waals surface area contributed by atoms with Gasteiger partial charge in [0, 0.05) is 51.0 Å². The zero-order chi connectivity index (χ0) is 20.2. The topological polar surface area (TPSA) is 52.6 Å². The average molecular weight is 394 g/mol. The van der Waals surface area contributed by atoms with Gasteiger partial charge in [0.25, 0.3) is 5.91 Å². The SMILES string of the molecule is Cc1cccc(N2CCN(c3cc(C(=O)N4CCCCCC4)nc(C)n3)CC2)c1. The van der Waals surface area contributed by atoms with Crippen molar-refractivity contribution in [2.24, 2.45) is 0 Å². The molecule has 2 fully saturated rings. The van der Waals surface area contributed by atoms with Crippen molar-refractivity contribution in [3.05, 3.63) is 47.4 Å². The first-order chi connectivity index (χ1) is 14.1. The lowest BCUT2D eigenvalue weighted by Gasteiger charge is -2.37. The summed E-state index contributed by atoms with van der Waals surface area (Å²) in [5.74, 6) is 1.60. The molecule has 154 valence electrons. The number of nitrogens with zero attached hydrogens (tertiary/aromatic N) is 5. The van der Waals surface area contributed by atoms with Crippen molar-refractivity contribution in [3.63, 3.8) is 0 Å². The summed E-state index contributed by atoms with van der Waals surface area (Å²) in [6.45, 7) is 9.37. The smallest absolute Gasteiger partial charge is 0.272 e. The second kappa shape index (κ2) is 8.80. The van der Waals surface area contributed by atoms with Crippen LogP contribution in [0.2, 0.25) is 0 Å². The number of piperazine rings is 1. The molecule has 0 N–H and O–H groups in total. The summed E-state index contributed by atoms with van der Waals surface area (Å²) in [5, 5.41) is 0. The van der Waals surface area contributed by atoms with Crippen molar-refractivity contribution in [1.29, 1.82) is 0 Å². The second-order valence-electron chi connectivity index (χ2n) is 8.18. The number of aromatic nitrogens is 2. The second-order valence-corrected chi connectivity index (χ2v) is 8.18. The summed E-state index contributed by atoms with van der Waals surface area (Å²) < 4.78 is 0. The lowest BCUT2D eigenvalue weighted by atomic mass is 10.2. The highest BCUT2D eigenvalue weighted by Crippen LogP contribution is 2.22. The Morgan fingerprint density at radius 1 is 0.828 bits per heavy atom. The Morgan fingerprint density at radius 3 is 2.21 bits per heavy atom. The third-order valence-corrected chi connectivity index (χ3v) is 5.91. The number of likely N-dealkylation sites (tertiary alicyclic amines) is 1. The van der Waals surface area contributed by atoms with Crippen LogP contribution >= 0.6 is 0 Å². The van der Waals surface area contributed by atoms with E-state index in [0.717, 1.165) is 57.9 Å². The summed E-state index contributed by atoms with van der Waals surface area (Å²) in [6.07, 6.45) is 4.60. The molecule has 2 aromatic rings. The van der Waals surface area contributed by atoms with Crippen molar-refractivity contribution < 1.29 is 4.79 Å². The molecule has 0 bridgehead atoms. The third kappa shape index (κ3) is 4.69. The van der Waals surface area contributed by atoms with Gasteiger partial charge in [0.05, 0.1) is 0 Å². The van der Waals surface area contributed by atoms with Crippen molar-refractivity contribution in [2.75, 3.05) is 49.1 Å². The molecule has 2 aliphatic heterocycles. The fourth-order valence-electron chi connectivity index (χ4n) is 4.28. The first-order valence-corrected chi connectivity index (χ1v) is 10.8. The van der Waals surface area contributed by atoms with Crippen molar-refractivity contribution in [1.82, 2.24) is 14.9 Å². The molecule has 0 unspecified atom stereocenters. The first-order valence-electron chi connectivity index (χ1n) is 10.8. The standard InChI is InChI=1S/C23H31N5O/c1-18-8-7-9-20(16-18)26-12-14-27(15-13-26)22-17-21(24-19(2)25-22)23(29)28-10-5-3-4-6-11-28/h7-9,16-17H,3-6,10-15H2,1-2H3. The van der Waals surface area contributed by atoms with E-state index >= 15 is 0 Å². The van der Waals surface area contributed by atoms with Crippen LogP contribution in [-0.2, 0) is 0 Å². The van der Waals surface area contributed by atoms with Gasteiger partial charge >= 0.3 is 0 Å². The Balaban J connectivity index is 1.46. The predicted octanol–water partition coefficient (Wildman–Crippen LogP) is 3.44. The van der Waals surface area contributed by atoms with Gasteiger partial charge in [-0.2, -0.15) is 0 Å². The van der Waals surface area contributed by atoms with Gasteiger partial charge in [0.1, 0.15) is 17.3 Å². The van der Waals surface area contributed by atoms with Gasteiger partial charge in [-0.05, 0) is 44.4 Å². The molecule has 0 saturated carbocycles. The van der Waals surface area contributed by atoms with Crippen LogP contribution in [0.5, 0.6) is 0 Å². The molecular weight excluding hydrogens is 362 g/mol. The van der Waals surface area contributed by atoms with Crippen LogP contribution < -0.4 is 9.80 Å². The highest BCUT2D eigenvalue weighted by Gasteiger charge is 2.23. The third-order valence-electron chi connectivity index (χ3n) is 5.91. The maximum absolute atomic E-state index is 13.0. The van der Waals surface area contributed by atoms with Crippen molar-refractivity contribution in [2.45, 2.75) is 39.5 Å². The zero-order valence-electron chi connectivity index (χ0n) is 17.6. The summed E-state index contributed by atoms with van der Waals surface area (Å²) in [6, 6.07) is 10.6. The minimum absolute atomic E-state index is 0.0528. The molecule has 1 amide bonds. The van der Waals surface area contributed by atoms with Crippen molar-refractivity contribution >= 4 is 17.4 Å². The maximum atomic E-state index is 13.0. The summed E-state index contributed by atoms with van der Waals surface area (Å²) in [7, 11) is 0. The van der Waals surface area contributed by atoms with Gasteiger partial charge in [-0.15, -0.1) is 0 Å². The largest absolute Gasteiger partial charge is 0.368 e. The highest BCUT2D eigenvalue weighted by atomic mass is 16.2. The van der Waals surface area contributed by atoms with Crippen LogP contribution in [0, 0.1) is 13.8 Å². The molecule has 0 aliphatic carbocycles. The molecule has 1 aromatic carbocycles. The Kier molecular flexibility index (Phi) is 5.97. The van der Waals surface area contributed by atoms with Gasteiger partial charge < -0.3 is 14.7 Å². The van der Waals surface area contributed by atoms with Crippen LogP contribution in [-0.4, -0.2) is 60.0 Å². The van der Waals surface area contributed by atoms with E-state index in [-0.39, 0.29) is 5.91 Å². The van der Waals surface area contributed by atoms with E-state index in [1.807, 2.05) is 17.9 Å². The van der Waals surface area contributed by atoms with E-state index in [0.29, 0.717) is 11.5 Å². The Bertz CT molecular complexity index is 852. The van der Waals surface area contributed by atoms with Crippen LogP contribution in [0.3, 0.4) is 0 Å². The number of hydrogen-bond donors (Lipinski definition) is 0. The molecule has 3 heterocycles. The van der Waals surface area contributed by atoms with Crippen LogP contribution in [0.15, 0.2) is 30.3 Å². The lowest BCUT2D eigenvalue weighted by Crippen LogP contribution is -2.47. The number of hydrogen-bond acceptors (Lipinski definition) is 5. The molecule has 2 aliphatic rings. The Morgan fingerprint density at radius 2 is 1.52 bits per heavy atom. The number of carbonyl (C=O) groups excluding carboxylic acids is 1. The fraction of sp³-hybridized carbons (Fsp3) is 0.522. The molecule has 1 aromatic heterocycles. The number of amides is 1.